The molecular formula is C9H15N3O2S. The van der Waals surface area contributed by atoms with E-state index >= 15 is 0 Å². The van der Waals surface area contributed by atoms with Crippen molar-refractivity contribution in [2.45, 2.75) is 20.8 Å². The number of nitrogens with zero attached hydrogens (tertiary/aromatic N) is 3. The zero-order valence-corrected chi connectivity index (χ0v) is 10.2. The van der Waals surface area contributed by atoms with Crippen LogP contribution < -0.4 is 9.79 Å². The van der Waals surface area contributed by atoms with Gasteiger partial charge >= 0.3 is 0 Å². The molecule has 0 aliphatic carbocycles. The number of rotatable bonds is 3. The van der Waals surface area contributed by atoms with Crippen molar-refractivity contribution < 1.29 is 14.5 Å². The molecule has 0 atom stereocenters. The molecule has 0 unspecified atom stereocenters. The lowest BCUT2D eigenvalue weighted by Crippen LogP contribution is -2.32. The van der Waals surface area contributed by atoms with Crippen LogP contribution in [0.15, 0.2) is 4.99 Å². The van der Waals surface area contributed by atoms with Crippen molar-refractivity contribution in [1.29, 1.82) is 0 Å². The monoisotopic (exact) mass is 229 g/mol. The van der Waals surface area contributed by atoms with Crippen LogP contribution in [-0.4, -0.2) is 17.2 Å². The zero-order chi connectivity index (χ0) is 11.4. The molecule has 0 bridgehead atoms. The molecule has 1 rings (SSSR count). The van der Waals surface area contributed by atoms with E-state index in [4.69, 9.17) is 4.74 Å². The van der Waals surface area contributed by atoms with E-state index < -0.39 is 6.08 Å². The molecular weight excluding hydrogens is 214 g/mol. The standard InChI is InChI=1S/C9H15N3O2S/c1-6(2)5-14-9(13)10-8-7(3)12(4)11-15-8/h6H,5H2,1-4H3. The molecule has 0 saturated carbocycles. The molecule has 0 aromatic carbocycles. The molecule has 1 aromatic rings. The van der Waals surface area contributed by atoms with Gasteiger partial charge in [-0.1, -0.05) is 18.5 Å². The summed E-state index contributed by atoms with van der Waals surface area (Å²) in [5.74, 6) is 0.322. The first-order chi connectivity index (χ1) is 7.00. The Kier molecular flexibility index (Phi) is 4.02. The lowest BCUT2D eigenvalue weighted by atomic mass is 10.2. The second kappa shape index (κ2) is 5.06. The Morgan fingerprint density at radius 2 is 2.33 bits per heavy atom. The summed E-state index contributed by atoms with van der Waals surface area (Å²) in [6.45, 7) is 6.21. The van der Waals surface area contributed by atoms with Crippen molar-refractivity contribution >= 4 is 22.6 Å². The molecule has 0 fully saturated rings. The fraction of sp³-hybridized carbons (Fsp3) is 0.667. The van der Waals surface area contributed by atoms with Gasteiger partial charge in [-0.2, -0.15) is 0 Å². The molecule has 0 aliphatic rings. The van der Waals surface area contributed by atoms with E-state index in [2.05, 4.69) is 9.48 Å². The second-order valence-electron chi connectivity index (χ2n) is 3.67. The average Bonchev–Trinajstić information content (AvgIpc) is 2.47. The van der Waals surface area contributed by atoms with Crippen LogP contribution in [-0.2, 0) is 11.8 Å². The van der Waals surface area contributed by atoms with Crippen molar-refractivity contribution in [3.8, 4) is 0 Å². The minimum Gasteiger partial charge on any atom is -0.600 e. The fourth-order valence-electron chi connectivity index (χ4n) is 0.820. The van der Waals surface area contributed by atoms with Crippen LogP contribution in [0.1, 0.15) is 19.5 Å². The van der Waals surface area contributed by atoms with Crippen LogP contribution in [0.5, 0.6) is 0 Å². The Labute approximate surface area is 93.2 Å². The third-order valence-electron chi connectivity index (χ3n) is 1.78. The minimum atomic E-state index is -0.545. The van der Waals surface area contributed by atoms with Crippen LogP contribution >= 0.6 is 11.5 Å². The van der Waals surface area contributed by atoms with E-state index in [-0.39, 0.29) is 0 Å². The summed E-state index contributed by atoms with van der Waals surface area (Å²) < 4.78 is 10.6. The molecule has 1 aromatic heterocycles. The molecule has 0 N–H and O–H groups in total. The number of aromatic nitrogens is 2. The maximum Gasteiger partial charge on any atom is 0.243 e. The Balaban J connectivity index is 2.66. The third-order valence-corrected chi connectivity index (χ3v) is 2.66. The lowest BCUT2D eigenvalue weighted by Gasteiger charge is -2.15. The summed E-state index contributed by atoms with van der Waals surface area (Å²) in [7, 11) is 1.81. The molecule has 0 spiro atoms. The highest BCUT2D eigenvalue weighted by atomic mass is 32.1. The first-order valence-electron chi connectivity index (χ1n) is 4.71. The largest absolute Gasteiger partial charge is 0.600 e. The molecule has 0 saturated heterocycles. The van der Waals surface area contributed by atoms with Gasteiger partial charge in [-0.15, -0.1) is 0 Å². The molecule has 0 radical (unpaired) electrons. The quantitative estimate of drug-likeness (QED) is 0.425. The smallest absolute Gasteiger partial charge is 0.243 e. The van der Waals surface area contributed by atoms with Crippen molar-refractivity contribution in [1.82, 2.24) is 4.49 Å². The summed E-state index contributed by atoms with van der Waals surface area (Å²) in [6, 6.07) is 0. The topological polar surface area (TPSA) is 61.4 Å². The van der Waals surface area contributed by atoms with E-state index in [1.54, 1.807) is 4.68 Å². The lowest BCUT2D eigenvalue weighted by molar-refractivity contribution is -0.728. The molecule has 5 nitrogen and oxygen atoms in total. The van der Waals surface area contributed by atoms with Crippen LogP contribution in [0.25, 0.3) is 0 Å². The maximum atomic E-state index is 11.3. The van der Waals surface area contributed by atoms with Gasteiger partial charge in [0, 0.05) is 6.92 Å². The first-order valence-corrected chi connectivity index (χ1v) is 5.49. The molecule has 0 amide bonds. The minimum absolute atomic E-state index is 0.322. The van der Waals surface area contributed by atoms with Gasteiger partial charge in [0.15, 0.2) is 13.1 Å². The Bertz CT molecular complexity index is 360. The van der Waals surface area contributed by atoms with Gasteiger partial charge in [0.05, 0.1) is 16.0 Å². The van der Waals surface area contributed by atoms with Crippen LogP contribution in [0.3, 0.4) is 0 Å². The molecule has 84 valence electrons. The summed E-state index contributed by atoms with van der Waals surface area (Å²) >= 11 is 1.18. The molecule has 0 aliphatic heterocycles. The number of aliphatic imine (C=N–C) groups is 1. The number of ether oxygens (including phenoxy) is 1. The van der Waals surface area contributed by atoms with Crippen molar-refractivity contribution in [2.75, 3.05) is 6.61 Å². The SMILES string of the molecule is Cc1c(/N=C(\[O-])OCC(C)C)sn[n+]1C. The molecule has 1 heterocycles. The van der Waals surface area contributed by atoms with Gasteiger partial charge in [-0.25, -0.2) is 4.99 Å². The fourth-order valence-corrected chi connectivity index (χ4v) is 1.52. The van der Waals surface area contributed by atoms with E-state index in [9.17, 15) is 5.11 Å². The van der Waals surface area contributed by atoms with Gasteiger partial charge in [0.25, 0.3) is 0 Å². The average molecular weight is 229 g/mol. The van der Waals surface area contributed by atoms with Gasteiger partial charge in [-0.05, 0) is 12.5 Å². The highest BCUT2D eigenvalue weighted by Crippen LogP contribution is 2.18. The Hall–Kier alpha value is -1.17. The highest BCUT2D eigenvalue weighted by Gasteiger charge is 2.12. The predicted octanol–water partition coefficient (Wildman–Crippen LogP) is 0.296. The van der Waals surface area contributed by atoms with E-state index in [0.717, 1.165) is 5.69 Å². The van der Waals surface area contributed by atoms with Crippen LogP contribution in [0, 0.1) is 12.8 Å². The van der Waals surface area contributed by atoms with E-state index in [1.165, 1.54) is 11.5 Å². The van der Waals surface area contributed by atoms with Gasteiger partial charge in [0.2, 0.25) is 10.7 Å². The molecule has 15 heavy (non-hydrogen) atoms. The second-order valence-corrected chi connectivity index (χ2v) is 4.40. The van der Waals surface area contributed by atoms with Gasteiger partial charge in [0.1, 0.15) is 0 Å². The summed E-state index contributed by atoms with van der Waals surface area (Å²) in [5, 5.41) is 11.9. The van der Waals surface area contributed by atoms with Gasteiger partial charge in [-0.3, -0.25) is 0 Å². The van der Waals surface area contributed by atoms with Crippen LogP contribution in [0.4, 0.5) is 5.00 Å². The van der Waals surface area contributed by atoms with Gasteiger partial charge < -0.3 is 9.84 Å². The highest BCUT2D eigenvalue weighted by molar-refractivity contribution is 7.09. The molecule has 6 heteroatoms. The normalized spacial score (nSPS) is 12.2. The Morgan fingerprint density at radius 3 is 2.80 bits per heavy atom. The predicted molar refractivity (Wildman–Crippen MR) is 55.9 cm³/mol. The summed E-state index contributed by atoms with van der Waals surface area (Å²) in [6.07, 6.45) is -0.545. The Morgan fingerprint density at radius 1 is 1.67 bits per heavy atom. The number of hydrogen-bond donors (Lipinski definition) is 0. The zero-order valence-electron chi connectivity index (χ0n) is 9.35. The van der Waals surface area contributed by atoms with Crippen LogP contribution in [0.2, 0.25) is 0 Å². The summed E-state index contributed by atoms with van der Waals surface area (Å²) in [4.78, 5) is 3.83. The van der Waals surface area contributed by atoms with Crippen molar-refractivity contribution in [3.63, 3.8) is 0 Å². The number of hydrogen-bond acceptors (Lipinski definition) is 5. The van der Waals surface area contributed by atoms with Crippen molar-refractivity contribution in [2.24, 2.45) is 18.0 Å². The number of aryl methyl sites for hydroxylation is 1. The first kappa shape index (κ1) is 11.9. The maximum absolute atomic E-state index is 11.3. The van der Waals surface area contributed by atoms with E-state index in [0.29, 0.717) is 17.5 Å². The summed E-state index contributed by atoms with van der Waals surface area (Å²) in [5.41, 5.74) is 0.862. The third kappa shape index (κ3) is 3.47. The van der Waals surface area contributed by atoms with Crippen molar-refractivity contribution in [3.05, 3.63) is 5.69 Å². The van der Waals surface area contributed by atoms with E-state index in [1.807, 2.05) is 27.8 Å².